The van der Waals surface area contributed by atoms with E-state index in [0.717, 1.165) is 32.6 Å². The second-order valence-corrected chi connectivity index (χ2v) is 7.62. The van der Waals surface area contributed by atoms with Crippen LogP contribution in [0.4, 0.5) is 0 Å². The quantitative estimate of drug-likeness (QED) is 0.849. The molecule has 9 heteroatoms. The third-order valence-corrected chi connectivity index (χ3v) is 6.47. The van der Waals surface area contributed by atoms with E-state index in [-0.39, 0.29) is 17.3 Å². The number of hydrogen-bond acceptors (Lipinski definition) is 6. The van der Waals surface area contributed by atoms with Gasteiger partial charge in [0, 0.05) is 45.3 Å². The van der Waals surface area contributed by atoms with Crippen LogP contribution in [0.25, 0.3) is 0 Å². The first kappa shape index (κ1) is 17.7. The minimum Gasteiger partial charge on any atom is -0.360 e. The van der Waals surface area contributed by atoms with Gasteiger partial charge in [0.25, 0.3) is 0 Å². The van der Waals surface area contributed by atoms with Crippen LogP contribution < -0.4 is 5.32 Å². The Labute approximate surface area is 137 Å². The van der Waals surface area contributed by atoms with Crippen molar-refractivity contribution in [1.82, 2.24) is 19.7 Å². The van der Waals surface area contributed by atoms with Crippen molar-refractivity contribution in [1.29, 1.82) is 0 Å². The average Bonchev–Trinajstić information content (AvgIpc) is 3.08. The van der Waals surface area contributed by atoms with E-state index in [1.807, 2.05) is 0 Å². The Bertz CT molecular complexity index is 593. The van der Waals surface area contributed by atoms with Gasteiger partial charge in [-0.15, -0.1) is 12.4 Å². The molecule has 0 aromatic carbocycles. The number of sulfonamides is 1. The highest BCUT2D eigenvalue weighted by molar-refractivity contribution is 7.89. The van der Waals surface area contributed by atoms with Crippen molar-refractivity contribution >= 4 is 22.4 Å². The second-order valence-electron chi connectivity index (χ2n) is 5.74. The summed E-state index contributed by atoms with van der Waals surface area (Å²) in [7, 11) is -3.49. The monoisotopic (exact) mass is 350 g/mol. The first-order valence-electron chi connectivity index (χ1n) is 7.38. The van der Waals surface area contributed by atoms with Crippen LogP contribution in [-0.4, -0.2) is 68.1 Å². The van der Waals surface area contributed by atoms with Gasteiger partial charge in [0.05, 0.1) is 0 Å². The first-order chi connectivity index (χ1) is 10.00. The van der Waals surface area contributed by atoms with Gasteiger partial charge in [-0.3, -0.25) is 4.90 Å². The number of halogens is 1. The molecular weight excluding hydrogens is 328 g/mol. The van der Waals surface area contributed by atoms with E-state index < -0.39 is 10.0 Å². The minimum absolute atomic E-state index is 0. The number of rotatable bonds is 3. The van der Waals surface area contributed by atoms with E-state index in [4.69, 9.17) is 4.52 Å². The van der Waals surface area contributed by atoms with Crippen molar-refractivity contribution in [2.24, 2.45) is 0 Å². The Balaban J connectivity index is 0.00000176. The highest BCUT2D eigenvalue weighted by Gasteiger charge is 2.38. The number of aryl methyl sites for hydroxylation is 2. The number of piperazine rings is 1. The lowest BCUT2D eigenvalue weighted by Crippen LogP contribution is -2.49. The van der Waals surface area contributed by atoms with Gasteiger partial charge in [-0.05, 0) is 20.3 Å². The number of nitrogens with zero attached hydrogens (tertiary/aromatic N) is 3. The molecule has 1 unspecified atom stereocenters. The Morgan fingerprint density at radius 3 is 2.50 bits per heavy atom. The summed E-state index contributed by atoms with van der Waals surface area (Å²) in [4.78, 5) is 2.63. The van der Waals surface area contributed by atoms with Gasteiger partial charge in [-0.2, -0.15) is 4.31 Å². The molecule has 1 N–H and O–H groups in total. The third-order valence-electron chi connectivity index (χ3n) is 4.36. The van der Waals surface area contributed by atoms with E-state index in [9.17, 15) is 8.42 Å². The van der Waals surface area contributed by atoms with Crippen molar-refractivity contribution in [3.8, 4) is 0 Å². The summed E-state index contributed by atoms with van der Waals surface area (Å²) >= 11 is 0. The van der Waals surface area contributed by atoms with Crippen LogP contribution >= 0.6 is 12.4 Å². The predicted molar refractivity (Wildman–Crippen MR) is 84.8 cm³/mol. The van der Waals surface area contributed by atoms with Crippen molar-refractivity contribution in [3.05, 3.63) is 11.5 Å². The molecule has 2 fully saturated rings. The molecule has 3 rings (SSSR count). The Kier molecular flexibility index (Phi) is 5.50. The highest BCUT2D eigenvalue weighted by Crippen LogP contribution is 2.27. The average molecular weight is 351 g/mol. The topological polar surface area (TPSA) is 78.7 Å². The van der Waals surface area contributed by atoms with E-state index in [1.54, 1.807) is 18.2 Å². The summed E-state index contributed by atoms with van der Waals surface area (Å²) in [5.41, 5.74) is 0.443. The van der Waals surface area contributed by atoms with E-state index >= 15 is 0 Å². The Hall–Kier alpha value is -0.670. The SMILES string of the molecule is Cc1noc(C)c1S(=O)(=O)N1CCC(N2CCNCC2)C1.Cl. The van der Waals surface area contributed by atoms with Crippen molar-refractivity contribution < 1.29 is 12.9 Å². The van der Waals surface area contributed by atoms with Crippen LogP contribution in [0.1, 0.15) is 17.9 Å². The summed E-state index contributed by atoms with van der Waals surface area (Å²) in [5.74, 6) is 0.373. The van der Waals surface area contributed by atoms with Gasteiger partial charge < -0.3 is 9.84 Å². The molecule has 0 saturated carbocycles. The van der Waals surface area contributed by atoms with Crippen LogP contribution in [0.3, 0.4) is 0 Å². The maximum Gasteiger partial charge on any atom is 0.248 e. The molecule has 1 atom stereocenters. The summed E-state index contributed by atoms with van der Waals surface area (Å²) in [6, 6.07) is 0.322. The number of nitrogens with one attached hydrogen (secondary N) is 1. The van der Waals surface area contributed by atoms with Gasteiger partial charge in [-0.25, -0.2) is 8.42 Å². The van der Waals surface area contributed by atoms with Crippen LogP contribution in [0.2, 0.25) is 0 Å². The summed E-state index contributed by atoms with van der Waals surface area (Å²) in [5, 5.41) is 7.09. The van der Waals surface area contributed by atoms with Crippen LogP contribution in [0.15, 0.2) is 9.42 Å². The van der Waals surface area contributed by atoms with Crippen LogP contribution in [0.5, 0.6) is 0 Å². The standard InChI is InChI=1S/C13H22N4O3S.ClH/c1-10-13(11(2)20-15-10)21(18,19)17-6-3-12(9-17)16-7-4-14-5-8-16;/h12,14H,3-9H2,1-2H3;1H. The van der Waals surface area contributed by atoms with Crippen LogP contribution in [0, 0.1) is 13.8 Å². The largest absolute Gasteiger partial charge is 0.360 e. The van der Waals surface area contributed by atoms with E-state index in [2.05, 4.69) is 15.4 Å². The third kappa shape index (κ3) is 3.16. The molecule has 0 amide bonds. The first-order valence-corrected chi connectivity index (χ1v) is 8.82. The zero-order valence-corrected chi connectivity index (χ0v) is 14.5. The highest BCUT2D eigenvalue weighted by atomic mass is 35.5. The van der Waals surface area contributed by atoms with Gasteiger partial charge in [0.2, 0.25) is 10.0 Å². The molecule has 22 heavy (non-hydrogen) atoms. The van der Waals surface area contributed by atoms with E-state index in [0.29, 0.717) is 30.6 Å². The second kappa shape index (κ2) is 6.84. The maximum atomic E-state index is 12.8. The molecule has 0 aliphatic carbocycles. The molecule has 1 aromatic rings. The molecule has 126 valence electrons. The van der Waals surface area contributed by atoms with Crippen molar-refractivity contribution in [2.45, 2.75) is 31.2 Å². The lowest BCUT2D eigenvalue weighted by Gasteiger charge is -2.32. The Morgan fingerprint density at radius 2 is 1.91 bits per heavy atom. The number of aromatic nitrogens is 1. The fraction of sp³-hybridized carbons (Fsp3) is 0.769. The molecule has 0 radical (unpaired) electrons. The van der Waals surface area contributed by atoms with Crippen molar-refractivity contribution in [2.75, 3.05) is 39.3 Å². The molecular formula is C13H23ClN4O3S. The Morgan fingerprint density at radius 1 is 1.23 bits per heavy atom. The summed E-state index contributed by atoms with van der Waals surface area (Å²) in [6.45, 7) is 8.39. The molecule has 0 spiro atoms. The zero-order valence-electron chi connectivity index (χ0n) is 12.9. The maximum absolute atomic E-state index is 12.8. The van der Waals surface area contributed by atoms with Gasteiger partial charge in [0.15, 0.2) is 5.76 Å². The normalized spacial score (nSPS) is 24.4. The van der Waals surface area contributed by atoms with Gasteiger partial charge in [-0.1, -0.05) is 5.16 Å². The molecule has 1 aromatic heterocycles. The molecule has 0 bridgehead atoms. The minimum atomic E-state index is -3.49. The van der Waals surface area contributed by atoms with E-state index in [1.165, 1.54) is 0 Å². The molecule has 2 aliphatic heterocycles. The fourth-order valence-corrected chi connectivity index (χ4v) is 5.03. The summed E-state index contributed by atoms with van der Waals surface area (Å²) in [6.07, 6.45) is 0.891. The fourth-order valence-electron chi connectivity index (χ4n) is 3.25. The lowest BCUT2D eigenvalue weighted by atomic mass is 10.2. The van der Waals surface area contributed by atoms with Crippen molar-refractivity contribution in [3.63, 3.8) is 0 Å². The zero-order chi connectivity index (χ0) is 15.0. The molecule has 3 heterocycles. The van der Waals surface area contributed by atoms with Gasteiger partial charge in [0.1, 0.15) is 10.6 Å². The molecule has 7 nitrogen and oxygen atoms in total. The summed E-state index contributed by atoms with van der Waals surface area (Å²) < 4.78 is 32.1. The lowest BCUT2D eigenvalue weighted by molar-refractivity contribution is 0.179. The number of hydrogen-bond donors (Lipinski definition) is 1. The van der Waals surface area contributed by atoms with Crippen LogP contribution in [-0.2, 0) is 10.0 Å². The smallest absolute Gasteiger partial charge is 0.248 e. The van der Waals surface area contributed by atoms with Gasteiger partial charge >= 0.3 is 0 Å². The predicted octanol–water partition coefficient (Wildman–Crippen LogP) is 0.381. The molecule has 2 saturated heterocycles. The molecule has 2 aliphatic rings.